The molecule has 0 bridgehead atoms. The molecule has 0 unspecified atom stereocenters. The summed E-state index contributed by atoms with van der Waals surface area (Å²) in [4.78, 5) is 0. The summed E-state index contributed by atoms with van der Waals surface area (Å²) < 4.78 is 10.1. The van der Waals surface area contributed by atoms with Crippen LogP contribution in [0.4, 0.5) is 0 Å². The molecule has 0 amide bonds. The number of rotatable bonds is 3. The molecular weight excluding hydrogens is 412 g/mol. The van der Waals surface area contributed by atoms with Gasteiger partial charge in [-0.15, -0.1) is 0 Å². The minimum absolute atomic E-state index is 0. The van der Waals surface area contributed by atoms with Crippen LogP contribution in [0.15, 0.2) is 85.1 Å². The number of hydrogen-bond donors (Lipinski definition) is 0. The fourth-order valence-corrected chi connectivity index (χ4v) is 3.98. The molecule has 1 aliphatic rings. The summed E-state index contributed by atoms with van der Waals surface area (Å²) in [5.74, 6) is 2.18. The van der Waals surface area contributed by atoms with Crippen LogP contribution in [0.5, 0.6) is 5.75 Å². The molecule has 5 rings (SSSR count). The van der Waals surface area contributed by atoms with E-state index in [4.69, 9.17) is 4.74 Å². The van der Waals surface area contributed by atoms with Gasteiger partial charge in [-0.05, 0) is 42.3 Å². The first-order chi connectivity index (χ1) is 13.3. The second-order valence-corrected chi connectivity index (χ2v) is 6.83. The van der Waals surface area contributed by atoms with Crippen molar-refractivity contribution >= 4 is 0 Å². The van der Waals surface area contributed by atoms with Crippen LogP contribution >= 0.6 is 0 Å². The number of halogens is 1. The lowest BCUT2D eigenvalue weighted by molar-refractivity contribution is -0.606. The van der Waals surface area contributed by atoms with Crippen LogP contribution < -0.4 is 26.3 Å². The number of aryl methyl sites for hydroxylation is 1. The average Bonchev–Trinajstić information content (AvgIpc) is 3.14. The maximum Gasteiger partial charge on any atom is 0.267 e. The van der Waals surface area contributed by atoms with Gasteiger partial charge in [-0.3, -0.25) is 0 Å². The van der Waals surface area contributed by atoms with E-state index in [0.717, 1.165) is 24.3 Å². The monoisotopic (exact) mass is 432 g/mol. The van der Waals surface area contributed by atoms with E-state index >= 15 is 0 Å². The predicted octanol–water partition coefficient (Wildman–Crippen LogP) is 1.53. The summed E-state index contributed by atoms with van der Waals surface area (Å²) in [5, 5.41) is 0. The van der Waals surface area contributed by atoms with Crippen LogP contribution in [0.3, 0.4) is 0 Å². The molecule has 0 saturated heterocycles. The summed E-state index contributed by atoms with van der Waals surface area (Å²) >= 11 is 0. The average molecular weight is 433 g/mol. The van der Waals surface area contributed by atoms with Gasteiger partial charge in [-0.1, -0.05) is 48.5 Å². The Bertz CT molecular complexity index is 1100. The van der Waals surface area contributed by atoms with E-state index in [1.807, 2.05) is 12.1 Å². The van der Waals surface area contributed by atoms with E-state index in [-0.39, 0.29) is 17.0 Å². The number of nitrogens with zero attached hydrogens (tertiary/aromatic N) is 2. The molecule has 0 fully saturated rings. The second-order valence-electron chi connectivity index (χ2n) is 6.83. The number of para-hydroxylation sites is 1. The summed E-state index contributed by atoms with van der Waals surface area (Å²) in [6.07, 6.45) is 4.34. The molecule has 0 saturated carbocycles. The molecule has 28 heavy (non-hydrogen) atoms. The van der Waals surface area contributed by atoms with Gasteiger partial charge in [0.05, 0.1) is 13.5 Å². The van der Waals surface area contributed by atoms with Gasteiger partial charge in [-0.25, -0.2) is 0 Å². The molecule has 0 N–H and O–H groups in total. The Labute approximate surface area is 175 Å². The van der Waals surface area contributed by atoms with Crippen molar-refractivity contribution in [2.24, 2.45) is 0 Å². The van der Waals surface area contributed by atoms with Crippen molar-refractivity contribution in [1.82, 2.24) is 4.57 Å². The highest BCUT2D eigenvalue weighted by Crippen LogP contribution is 2.29. The third kappa shape index (κ3) is 3.04. The van der Waals surface area contributed by atoms with Crippen LogP contribution in [0.25, 0.3) is 22.6 Å². The molecule has 140 valence electrons. The fraction of sp³-hybridized carbons (Fsp3) is 0.125. The SMILES string of the molecule is COc1ccc(-n2c(-c3ccccc3)c[n+]3c2CCc2ccccc2-3)cc1.[Br-]. The lowest BCUT2D eigenvalue weighted by atomic mass is 10.0. The molecule has 2 heterocycles. The zero-order valence-corrected chi connectivity index (χ0v) is 17.3. The molecule has 3 aromatic carbocycles. The zero-order valence-electron chi connectivity index (χ0n) is 15.7. The first-order valence-corrected chi connectivity index (χ1v) is 9.29. The third-order valence-corrected chi connectivity index (χ3v) is 5.30. The van der Waals surface area contributed by atoms with Gasteiger partial charge in [0.15, 0.2) is 5.69 Å². The summed E-state index contributed by atoms with van der Waals surface area (Å²) in [5.41, 5.74) is 6.26. The van der Waals surface area contributed by atoms with Crippen molar-refractivity contribution in [2.45, 2.75) is 12.8 Å². The van der Waals surface area contributed by atoms with E-state index in [0.29, 0.717) is 0 Å². The Morgan fingerprint density at radius 2 is 1.54 bits per heavy atom. The van der Waals surface area contributed by atoms with Gasteiger partial charge < -0.3 is 21.7 Å². The highest BCUT2D eigenvalue weighted by molar-refractivity contribution is 5.62. The van der Waals surface area contributed by atoms with E-state index < -0.39 is 0 Å². The van der Waals surface area contributed by atoms with E-state index in [1.54, 1.807) is 7.11 Å². The molecular formula is C24H21BrN2O. The summed E-state index contributed by atoms with van der Waals surface area (Å²) in [7, 11) is 1.70. The number of ether oxygens (including phenoxy) is 1. The highest BCUT2D eigenvalue weighted by atomic mass is 79.9. The molecule has 0 radical (unpaired) electrons. The summed E-state index contributed by atoms with van der Waals surface area (Å²) in [6, 6.07) is 27.6. The van der Waals surface area contributed by atoms with Crippen molar-refractivity contribution in [3.8, 4) is 28.4 Å². The van der Waals surface area contributed by atoms with Crippen LogP contribution in [-0.4, -0.2) is 11.7 Å². The van der Waals surface area contributed by atoms with Gasteiger partial charge >= 0.3 is 0 Å². The standard InChI is InChI=1S/C24H21N2O.BrH/c1-27-21-14-12-20(13-15-21)26-23(18-7-3-2-4-8-18)17-25-22-10-6-5-9-19(22)11-16-24(25)26;/h2-10,12-15,17H,11,16H2,1H3;1H/q+1;/p-1. The normalized spacial score (nSPS) is 11.9. The van der Waals surface area contributed by atoms with Crippen molar-refractivity contribution < 1.29 is 26.3 Å². The largest absolute Gasteiger partial charge is 1.00 e. The van der Waals surface area contributed by atoms with Gasteiger partial charge in [0.1, 0.15) is 23.3 Å². The van der Waals surface area contributed by atoms with Crippen LogP contribution in [0, 0.1) is 0 Å². The number of hydrogen-bond acceptors (Lipinski definition) is 1. The Kier molecular flexibility index (Phi) is 5.05. The number of aromatic nitrogens is 2. The number of fused-ring (bicyclic) bond motifs is 3. The van der Waals surface area contributed by atoms with Crippen LogP contribution in [-0.2, 0) is 12.8 Å². The molecule has 4 heteroatoms. The smallest absolute Gasteiger partial charge is 0.267 e. The molecule has 3 nitrogen and oxygen atoms in total. The van der Waals surface area contributed by atoms with Crippen molar-refractivity contribution in [3.63, 3.8) is 0 Å². The topological polar surface area (TPSA) is 18.0 Å². The van der Waals surface area contributed by atoms with Gasteiger partial charge in [0, 0.05) is 5.56 Å². The van der Waals surface area contributed by atoms with Crippen molar-refractivity contribution in [1.29, 1.82) is 0 Å². The second kappa shape index (κ2) is 7.64. The zero-order chi connectivity index (χ0) is 18.2. The molecule has 1 aromatic heterocycles. The Hall–Kier alpha value is -2.85. The quantitative estimate of drug-likeness (QED) is 0.449. The third-order valence-electron chi connectivity index (χ3n) is 5.30. The predicted molar refractivity (Wildman–Crippen MR) is 107 cm³/mol. The van der Waals surface area contributed by atoms with E-state index in [2.05, 4.69) is 82.1 Å². The molecule has 0 spiro atoms. The number of imidazole rings is 1. The van der Waals surface area contributed by atoms with Gasteiger partial charge in [0.2, 0.25) is 0 Å². The van der Waals surface area contributed by atoms with Crippen molar-refractivity contribution in [3.05, 3.63) is 96.4 Å². The summed E-state index contributed by atoms with van der Waals surface area (Å²) in [6.45, 7) is 0. The lowest BCUT2D eigenvalue weighted by Gasteiger charge is -2.14. The first-order valence-electron chi connectivity index (χ1n) is 9.29. The minimum Gasteiger partial charge on any atom is -1.00 e. The van der Waals surface area contributed by atoms with E-state index in [9.17, 15) is 0 Å². The fourth-order valence-electron chi connectivity index (χ4n) is 3.98. The van der Waals surface area contributed by atoms with Gasteiger partial charge in [0.25, 0.3) is 5.82 Å². The Morgan fingerprint density at radius 3 is 2.29 bits per heavy atom. The maximum absolute atomic E-state index is 5.35. The molecule has 4 aromatic rings. The van der Waals surface area contributed by atoms with E-state index in [1.165, 1.54) is 28.3 Å². The minimum atomic E-state index is 0. The number of benzene rings is 3. The first kappa shape index (κ1) is 18.5. The molecule has 1 aliphatic heterocycles. The van der Waals surface area contributed by atoms with Crippen LogP contribution in [0.2, 0.25) is 0 Å². The highest BCUT2D eigenvalue weighted by Gasteiger charge is 2.31. The maximum atomic E-state index is 5.35. The number of methoxy groups -OCH3 is 1. The Morgan fingerprint density at radius 1 is 0.821 bits per heavy atom. The Balaban J connectivity index is 0.00000192. The lowest BCUT2D eigenvalue weighted by Crippen LogP contribution is -3.00. The van der Waals surface area contributed by atoms with Crippen molar-refractivity contribution in [2.75, 3.05) is 7.11 Å². The van der Waals surface area contributed by atoms with Crippen LogP contribution in [0.1, 0.15) is 11.4 Å². The molecule has 0 aliphatic carbocycles. The molecule has 0 atom stereocenters. The van der Waals surface area contributed by atoms with Gasteiger partial charge in [-0.2, -0.15) is 9.13 Å².